The molecular weight excluding hydrogens is 493 g/mol. The first-order valence-electron chi connectivity index (χ1n) is 11.3. The Morgan fingerprint density at radius 3 is 2.82 bits per heavy atom. The Bertz CT molecular complexity index is 1060. The number of rotatable bonds is 8. The van der Waals surface area contributed by atoms with Gasteiger partial charge in [-0.3, -0.25) is 4.79 Å². The molecule has 1 fully saturated rings. The average Bonchev–Trinajstić information content (AvgIpc) is 2.84. The van der Waals surface area contributed by atoms with E-state index in [9.17, 15) is 4.79 Å². The molecular formula is C25H29N4O3Y-. The molecule has 1 radical (unpaired) electrons. The summed E-state index contributed by atoms with van der Waals surface area (Å²) in [7, 11) is 0. The van der Waals surface area contributed by atoms with Gasteiger partial charge in [0.2, 0.25) is 5.91 Å². The SMILES string of the molecule is CCOc1[c-]cc(Nc2ncnc3cccc(OCC4CCCCN4C(=O)CC)c23)cc1.[Y]. The van der Waals surface area contributed by atoms with Crippen LogP contribution in [0, 0.1) is 6.07 Å². The molecule has 1 atom stereocenters. The Kier molecular flexibility index (Phi) is 9.45. The number of piperidine rings is 1. The molecule has 1 aromatic heterocycles. The monoisotopic (exact) mass is 522 g/mol. The van der Waals surface area contributed by atoms with Crippen LogP contribution in [0.2, 0.25) is 0 Å². The Balaban J connectivity index is 0.00000306. The molecule has 2 heterocycles. The van der Waals surface area contributed by atoms with Gasteiger partial charge in [-0.25, -0.2) is 9.97 Å². The van der Waals surface area contributed by atoms with Gasteiger partial charge in [-0.15, -0.1) is 18.2 Å². The molecule has 0 bridgehead atoms. The zero-order chi connectivity index (χ0) is 22.3. The minimum absolute atomic E-state index is 0. The van der Waals surface area contributed by atoms with Crippen molar-refractivity contribution in [3.63, 3.8) is 0 Å². The second-order valence-corrected chi connectivity index (χ2v) is 7.77. The number of nitrogens with zero attached hydrogens (tertiary/aromatic N) is 3. The maximum atomic E-state index is 12.4. The Labute approximate surface area is 220 Å². The van der Waals surface area contributed by atoms with E-state index in [-0.39, 0.29) is 44.7 Å². The summed E-state index contributed by atoms with van der Waals surface area (Å²) in [5.41, 5.74) is 1.63. The van der Waals surface area contributed by atoms with Crippen LogP contribution in [-0.4, -0.2) is 46.6 Å². The van der Waals surface area contributed by atoms with Crippen molar-refractivity contribution in [3.05, 3.63) is 48.8 Å². The van der Waals surface area contributed by atoms with E-state index < -0.39 is 0 Å². The molecule has 1 aliphatic rings. The van der Waals surface area contributed by atoms with Gasteiger partial charge in [0, 0.05) is 51.4 Å². The fourth-order valence-corrected chi connectivity index (χ4v) is 4.06. The second-order valence-electron chi connectivity index (χ2n) is 7.77. The van der Waals surface area contributed by atoms with Crippen LogP contribution in [0.1, 0.15) is 39.5 Å². The van der Waals surface area contributed by atoms with Crippen molar-refractivity contribution in [1.82, 2.24) is 14.9 Å². The first kappa shape index (κ1) is 25.4. The fourth-order valence-electron chi connectivity index (χ4n) is 4.06. The van der Waals surface area contributed by atoms with Crippen LogP contribution in [0.15, 0.2) is 42.7 Å². The smallest absolute Gasteiger partial charge is 0.222 e. The van der Waals surface area contributed by atoms with Crippen LogP contribution in [0.4, 0.5) is 11.5 Å². The fraction of sp³-hybridized carbons (Fsp3) is 0.400. The van der Waals surface area contributed by atoms with Gasteiger partial charge in [-0.1, -0.05) is 18.7 Å². The van der Waals surface area contributed by atoms with Crippen LogP contribution in [0.3, 0.4) is 0 Å². The molecule has 4 rings (SSSR count). The van der Waals surface area contributed by atoms with E-state index in [1.54, 1.807) is 0 Å². The van der Waals surface area contributed by atoms with Crippen LogP contribution in [0.5, 0.6) is 11.5 Å². The van der Waals surface area contributed by atoms with Gasteiger partial charge in [0.25, 0.3) is 0 Å². The number of hydrogen-bond acceptors (Lipinski definition) is 6. The summed E-state index contributed by atoms with van der Waals surface area (Å²) in [6.45, 7) is 5.71. The Morgan fingerprint density at radius 2 is 2.06 bits per heavy atom. The number of likely N-dealkylation sites (tertiary alicyclic amines) is 1. The summed E-state index contributed by atoms with van der Waals surface area (Å²) in [6, 6.07) is 14.6. The van der Waals surface area contributed by atoms with E-state index in [4.69, 9.17) is 9.47 Å². The largest absolute Gasteiger partial charge is 0.520 e. The molecule has 1 amide bonds. The number of nitrogens with one attached hydrogen (secondary N) is 1. The van der Waals surface area contributed by atoms with Crippen molar-refractivity contribution in [1.29, 1.82) is 0 Å². The van der Waals surface area contributed by atoms with Gasteiger partial charge in [0.05, 0.1) is 23.6 Å². The van der Waals surface area contributed by atoms with Crippen LogP contribution in [-0.2, 0) is 37.5 Å². The molecule has 7 nitrogen and oxygen atoms in total. The van der Waals surface area contributed by atoms with Crippen LogP contribution < -0.4 is 14.8 Å². The molecule has 171 valence electrons. The Hall–Kier alpha value is -2.25. The summed E-state index contributed by atoms with van der Waals surface area (Å²) in [5.74, 6) is 2.25. The van der Waals surface area contributed by atoms with Gasteiger partial charge in [-0.05, 0) is 38.3 Å². The van der Waals surface area contributed by atoms with Gasteiger partial charge in [-0.2, -0.15) is 6.07 Å². The van der Waals surface area contributed by atoms with Crippen molar-refractivity contribution in [2.45, 2.75) is 45.6 Å². The number of carbonyl (C=O) groups is 1. The number of ether oxygens (including phenoxy) is 2. The number of fused-ring (bicyclic) bond motifs is 1. The quantitative estimate of drug-likeness (QED) is 0.431. The van der Waals surface area contributed by atoms with E-state index >= 15 is 0 Å². The normalized spacial score (nSPS) is 15.6. The molecule has 1 unspecified atom stereocenters. The van der Waals surface area contributed by atoms with Crippen molar-refractivity contribution >= 4 is 28.3 Å². The van der Waals surface area contributed by atoms with Crippen LogP contribution >= 0.6 is 0 Å². The molecule has 1 saturated heterocycles. The predicted molar refractivity (Wildman–Crippen MR) is 124 cm³/mol. The van der Waals surface area contributed by atoms with Crippen molar-refractivity contribution < 1.29 is 47.0 Å². The third-order valence-corrected chi connectivity index (χ3v) is 5.65. The minimum atomic E-state index is 0. The molecule has 2 aromatic carbocycles. The third-order valence-electron chi connectivity index (χ3n) is 5.65. The minimum Gasteiger partial charge on any atom is -0.520 e. The van der Waals surface area contributed by atoms with Crippen molar-refractivity contribution in [3.8, 4) is 11.5 Å². The predicted octanol–water partition coefficient (Wildman–Crippen LogP) is 4.74. The van der Waals surface area contributed by atoms with E-state index in [0.29, 0.717) is 37.0 Å². The van der Waals surface area contributed by atoms with Gasteiger partial charge < -0.3 is 19.7 Å². The zero-order valence-corrected chi connectivity index (χ0v) is 22.1. The molecule has 0 aliphatic carbocycles. The Morgan fingerprint density at radius 1 is 1.18 bits per heavy atom. The summed E-state index contributed by atoms with van der Waals surface area (Å²) in [6.07, 6.45) is 5.18. The second kappa shape index (κ2) is 12.3. The molecule has 33 heavy (non-hydrogen) atoms. The molecule has 0 saturated carbocycles. The molecule has 0 spiro atoms. The number of benzene rings is 2. The number of hydrogen-bond donors (Lipinski definition) is 1. The van der Waals surface area contributed by atoms with E-state index in [1.807, 2.05) is 55.1 Å². The number of anilines is 2. The summed E-state index contributed by atoms with van der Waals surface area (Å²) >= 11 is 0. The summed E-state index contributed by atoms with van der Waals surface area (Å²) in [4.78, 5) is 23.2. The molecule has 1 aliphatic heterocycles. The number of aromatic nitrogens is 2. The van der Waals surface area contributed by atoms with Gasteiger partial charge in [0.1, 0.15) is 24.5 Å². The molecule has 1 N–H and O–H groups in total. The van der Waals surface area contributed by atoms with Crippen molar-refractivity contribution in [2.75, 3.05) is 25.1 Å². The van der Waals surface area contributed by atoms with Gasteiger partial charge >= 0.3 is 0 Å². The number of carbonyl (C=O) groups excluding carboxylic acids is 1. The summed E-state index contributed by atoms with van der Waals surface area (Å²) < 4.78 is 11.7. The first-order chi connectivity index (χ1) is 15.7. The topological polar surface area (TPSA) is 76.6 Å². The maximum Gasteiger partial charge on any atom is 0.222 e. The molecule has 3 aromatic rings. The standard InChI is InChI=1S/C25H29N4O3.Y/c1-3-23(30)29-15-6-5-8-19(29)16-32-22-10-7-9-21-24(22)25(27-17-26-21)28-18-11-13-20(14-12-18)31-4-2;/h7,9-13,17,19H,3-6,8,15-16H2,1-2H3,(H,26,27,28);/q-1;. The van der Waals surface area contributed by atoms with E-state index in [1.165, 1.54) is 6.33 Å². The zero-order valence-electron chi connectivity index (χ0n) is 19.2. The maximum absolute atomic E-state index is 12.4. The van der Waals surface area contributed by atoms with Crippen LogP contribution in [0.25, 0.3) is 10.9 Å². The molecule has 8 heteroatoms. The van der Waals surface area contributed by atoms with E-state index in [2.05, 4.69) is 21.4 Å². The third kappa shape index (κ3) is 6.21. The number of amides is 1. The first-order valence-corrected chi connectivity index (χ1v) is 11.3. The summed E-state index contributed by atoms with van der Waals surface area (Å²) in [5, 5.41) is 4.16. The average molecular weight is 522 g/mol. The van der Waals surface area contributed by atoms with Gasteiger partial charge in [0.15, 0.2) is 0 Å². The van der Waals surface area contributed by atoms with E-state index in [0.717, 1.165) is 42.4 Å². The van der Waals surface area contributed by atoms with Crippen molar-refractivity contribution in [2.24, 2.45) is 0 Å².